The van der Waals surface area contributed by atoms with Crippen LogP contribution < -0.4 is 0 Å². The molecule has 2 aliphatic heterocycles. The van der Waals surface area contributed by atoms with Crippen molar-refractivity contribution in [1.82, 2.24) is 4.90 Å². The van der Waals surface area contributed by atoms with Gasteiger partial charge in [-0.05, 0) is 46.4 Å². The number of fused-ring (bicyclic) bond motifs is 1. The molecule has 2 aromatic carbocycles. The van der Waals surface area contributed by atoms with Gasteiger partial charge >= 0.3 is 5.97 Å². The predicted octanol–water partition coefficient (Wildman–Crippen LogP) is 4.11. The molecule has 2 aliphatic carbocycles. The van der Waals surface area contributed by atoms with E-state index in [1.807, 2.05) is 29.2 Å². The quantitative estimate of drug-likeness (QED) is 0.547. The van der Waals surface area contributed by atoms with Crippen LogP contribution in [0.3, 0.4) is 0 Å². The number of hydrogen-bond donors (Lipinski definition) is 0. The smallest absolute Gasteiger partial charge is 0.344 e. The molecule has 1 saturated heterocycles. The molecule has 0 aromatic heterocycles. The second kappa shape index (κ2) is 6.88. The molecule has 0 spiro atoms. The van der Waals surface area contributed by atoms with Gasteiger partial charge in [0.25, 0.3) is 5.91 Å². The maximum atomic E-state index is 13.5. The van der Waals surface area contributed by atoms with Crippen LogP contribution in [0.15, 0.2) is 66.3 Å². The number of allylic oxidation sites excluding steroid dienone is 2. The highest BCUT2D eigenvalue weighted by molar-refractivity contribution is 7.99. The number of amides is 1. The second-order valence-corrected chi connectivity index (χ2v) is 9.36. The summed E-state index contributed by atoms with van der Waals surface area (Å²) in [5, 5.41) is 2.50. The molecule has 1 amide bonds. The van der Waals surface area contributed by atoms with E-state index in [1.54, 1.807) is 17.8 Å². The molecule has 0 radical (unpaired) electrons. The van der Waals surface area contributed by atoms with Crippen LogP contribution in [0, 0.1) is 5.92 Å². The largest absolute Gasteiger partial charge is 0.453 e. The molecule has 30 heavy (non-hydrogen) atoms. The number of aryl methyl sites for hydroxylation is 2. The van der Waals surface area contributed by atoms with Crippen molar-refractivity contribution < 1.29 is 14.3 Å². The zero-order chi connectivity index (χ0) is 20.2. The molecule has 6 rings (SSSR count). The Balaban J connectivity index is 1.37. The lowest BCUT2D eigenvalue weighted by Crippen LogP contribution is -2.39. The summed E-state index contributed by atoms with van der Waals surface area (Å²) >= 11 is 1.77. The number of hydrogen-bond acceptors (Lipinski definition) is 4. The molecular weight excluding hydrogens is 394 g/mol. The number of carbonyl (C=O) groups excluding carboxylic acids is 2. The van der Waals surface area contributed by atoms with Crippen molar-refractivity contribution in [2.45, 2.75) is 24.3 Å². The van der Waals surface area contributed by atoms with Crippen LogP contribution in [-0.2, 0) is 27.2 Å². The van der Waals surface area contributed by atoms with Crippen LogP contribution in [0.4, 0.5) is 0 Å². The summed E-state index contributed by atoms with van der Waals surface area (Å²) in [4.78, 5) is 27.9. The maximum absolute atomic E-state index is 13.5. The number of nitrogens with zero attached hydrogens (tertiary/aromatic N) is 1. The molecule has 0 bridgehead atoms. The lowest BCUT2D eigenvalue weighted by atomic mass is 9.92. The van der Waals surface area contributed by atoms with Gasteiger partial charge in [-0.1, -0.05) is 54.6 Å². The summed E-state index contributed by atoms with van der Waals surface area (Å²) in [6, 6.07) is 10.9. The van der Waals surface area contributed by atoms with Crippen molar-refractivity contribution in [2.24, 2.45) is 5.92 Å². The molecular formula is C25H21NO3S. The summed E-state index contributed by atoms with van der Waals surface area (Å²) in [5.74, 6) is 0.0464. The summed E-state index contributed by atoms with van der Waals surface area (Å²) in [6.07, 6.45) is 11.3. The van der Waals surface area contributed by atoms with Crippen molar-refractivity contribution in [1.29, 1.82) is 0 Å². The van der Waals surface area contributed by atoms with E-state index >= 15 is 0 Å². The Hall–Kier alpha value is -2.79. The van der Waals surface area contributed by atoms with Gasteiger partial charge in [-0.3, -0.25) is 4.79 Å². The minimum atomic E-state index is -0.516. The average Bonchev–Trinajstić information content (AvgIpc) is 3.42. The highest BCUT2D eigenvalue weighted by atomic mass is 32.2. The van der Waals surface area contributed by atoms with Gasteiger partial charge in [0.05, 0.1) is 0 Å². The Morgan fingerprint density at radius 3 is 2.80 bits per heavy atom. The van der Waals surface area contributed by atoms with Crippen LogP contribution in [0.25, 0.3) is 10.8 Å². The Bertz CT molecular complexity index is 1170. The molecule has 0 unspecified atom stereocenters. The van der Waals surface area contributed by atoms with Gasteiger partial charge in [0, 0.05) is 18.2 Å². The minimum Gasteiger partial charge on any atom is -0.453 e. The molecule has 2 aromatic rings. The maximum Gasteiger partial charge on any atom is 0.344 e. The lowest BCUT2D eigenvalue weighted by molar-refractivity contribution is -0.147. The van der Waals surface area contributed by atoms with Gasteiger partial charge in [-0.25, -0.2) is 4.79 Å². The van der Waals surface area contributed by atoms with Crippen LogP contribution in [0.1, 0.15) is 22.1 Å². The first kappa shape index (κ1) is 18.0. The van der Waals surface area contributed by atoms with Crippen LogP contribution in [0.5, 0.6) is 0 Å². The number of carbonyl (C=O) groups is 2. The first-order valence-electron chi connectivity index (χ1n) is 10.4. The number of rotatable bonds is 2. The van der Waals surface area contributed by atoms with Gasteiger partial charge in [0.1, 0.15) is 17.1 Å². The molecule has 2 heterocycles. The van der Waals surface area contributed by atoms with Crippen molar-refractivity contribution in [2.75, 3.05) is 12.3 Å². The van der Waals surface area contributed by atoms with Crippen molar-refractivity contribution >= 4 is 34.4 Å². The SMILES string of the molecule is O=C1O[C@@H]2C=CC=C[C@@H]2C=C1C(=O)N1CCS[C@H]1c1ccc2c3c(cccc13)CC2. The Kier molecular flexibility index (Phi) is 4.13. The van der Waals surface area contributed by atoms with Gasteiger partial charge < -0.3 is 9.64 Å². The molecule has 4 nitrogen and oxygen atoms in total. The fourth-order valence-electron chi connectivity index (χ4n) is 5.05. The van der Waals surface area contributed by atoms with Gasteiger partial charge in [0.15, 0.2) is 0 Å². The van der Waals surface area contributed by atoms with Gasteiger partial charge in [-0.15, -0.1) is 11.8 Å². The van der Waals surface area contributed by atoms with Crippen molar-refractivity contribution in [3.8, 4) is 0 Å². The summed E-state index contributed by atoms with van der Waals surface area (Å²) in [7, 11) is 0. The third-order valence-corrected chi connectivity index (χ3v) is 7.75. The van der Waals surface area contributed by atoms with E-state index in [9.17, 15) is 9.59 Å². The summed E-state index contributed by atoms with van der Waals surface area (Å²) in [5.41, 5.74) is 4.12. The van der Waals surface area contributed by atoms with E-state index in [4.69, 9.17) is 4.74 Å². The zero-order valence-electron chi connectivity index (χ0n) is 16.4. The normalized spacial score (nSPS) is 26.7. The monoisotopic (exact) mass is 415 g/mol. The molecule has 3 atom stereocenters. The topological polar surface area (TPSA) is 46.6 Å². The predicted molar refractivity (Wildman–Crippen MR) is 118 cm³/mol. The van der Waals surface area contributed by atoms with E-state index in [0.717, 1.165) is 24.2 Å². The van der Waals surface area contributed by atoms with E-state index in [-0.39, 0.29) is 28.9 Å². The third kappa shape index (κ3) is 2.68. The van der Waals surface area contributed by atoms with E-state index in [0.29, 0.717) is 6.54 Å². The zero-order valence-corrected chi connectivity index (χ0v) is 17.2. The Labute approximate surface area is 179 Å². The highest BCUT2D eigenvalue weighted by Gasteiger charge is 2.39. The van der Waals surface area contributed by atoms with Crippen LogP contribution in [0.2, 0.25) is 0 Å². The van der Waals surface area contributed by atoms with Crippen LogP contribution >= 0.6 is 11.8 Å². The summed E-state index contributed by atoms with van der Waals surface area (Å²) < 4.78 is 5.53. The molecule has 5 heteroatoms. The van der Waals surface area contributed by atoms with E-state index in [1.165, 1.54) is 21.9 Å². The Morgan fingerprint density at radius 1 is 1.07 bits per heavy atom. The first-order valence-corrected chi connectivity index (χ1v) is 11.5. The Morgan fingerprint density at radius 2 is 1.90 bits per heavy atom. The van der Waals surface area contributed by atoms with Crippen LogP contribution in [-0.4, -0.2) is 35.2 Å². The lowest BCUT2D eigenvalue weighted by Gasteiger charge is -2.30. The first-order chi connectivity index (χ1) is 14.7. The minimum absolute atomic E-state index is 0.0721. The van der Waals surface area contributed by atoms with Crippen molar-refractivity contribution in [3.05, 3.63) is 83.0 Å². The van der Waals surface area contributed by atoms with Gasteiger partial charge in [-0.2, -0.15) is 0 Å². The standard InChI is InChI=1S/C25H21NO3S/c27-23(20-14-17-4-1-2-7-21(17)29-25(20)28)26-12-13-30-24(26)19-11-10-16-9-8-15-5-3-6-18(19)22(15)16/h1-7,10-11,14,17,21,24H,8-9,12-13H2/t17-,21-,24+/m1/s1. The highest BCUT2D eigenvalue weighted by Crippen LogP contribution is 2.44. The van der Waals surface area contributed by atoms with E-state index < -0.39 is 5.97 Å². The second-order valence-electron chi connectivity index (χ2n) is 8.17. The number of thioether (sulfide) groups is 1. The van der Waals surface area contributed by atoms with E-state index in [2.05, 4.69) is 30.3 Å². The van der Waals surface area contributed by atoms with Crippen molar-refractivity contribution in [3.63, 3.8) is 0 Å². The van der Waals surface area contributed by atoms with Gasteiger partial charge in [0.2, 0.25) is 0 Å². The molecule has 1 fully saturated rings. The molecule has 0 N–H and O–H groups in total. The summed E-state index contributed by atoms with van der Waals surface area (Å²) in [6.45, 7) is 0.631. The fourth-order valence-corrected chi connectivity index (χ4v) is 6.34. The number of ether oxygens (including phenoxy) is 1. The number of benzene rings is 2. The molecule has 4 aliphatic rings. The molecule has 0 saturated carbocycles. The number of esters is 1. The molecule has 150 valence electrons. The third-order valence-electron chi connectivity index (χ3n) is 6.51. The average molecular weight is 416 g/mol. The fraction of sp³-hybridized carbons (Fsp3) is 0.280.